The maximum Gasteiger partial charge on any atom is 0.245 e. The summed E-state index contributed by atoms with van der Waals surface area (Å²) in [6.45, 7) is 1.78. The topological polar surface area (TPSA) is 113 Å². The molecule has 1 saturated heterocycles. The molecule has 2 amide bonds. The van der Waals surface area contributed by atoms with E-state index < -0.39 is 20.5 Å². The van der Waals surface area contributed by atoms with Gasteiger partial charge < -0.3 is 5.32 Å². The molecule has 1 aromatic carbocycles. The predicted molar refractivity (Wildman–Crippen MR) is 113 cm³/mol. The van der Waals surface area contributed by atoms with Crippen LogP contribution in [0.4, 0.5) is 5.69 Å². The molecule has 1 aromatic heterocycles. The van der Waals surface area contributed by atoms with Crippen LogP contribution in [0, 0.1) is 0 Å². The normalized spacial score (nSPS) is 20.8. The van der Waals surface area contributed by atoms with Gasteiger partial charge >= 0.3 is 0 Å². The van der Waals surface area contributed by atoms with Crippen LogP contribution in [0.25, 0.3) is 10.4 Å². The Balaban J connectivity index is 1.99. The molecule has 2 heterocycles. The van der Waals surface area contributed by atoms with Crippen molar-refractivity contribution in [2.24, 2.45) is 0 Å². The van der Waals surface area contributed by atoms with Gasteiger partial charge in [0.05, 0.1) is 12.2 Å². The fourth-order valence-corrected chi connectivity index (χ4v) is 7.43. The maximum absolute atomic E-state index is 13.0. The van der Waals surface area contributed by atoms with Crippen LogP contribution in [0.1, 0.15) is 43.9 Å². The molecular formula is C20H24N2O5S2. The highest BCUT2D eigenvalue weighted by atomic mass is 32.2. The van der Waals surface area contributed by atoms with Crippen LogP contribution < -0.4 is 10.8 Å². The van der Waals surface area contributed by atoms with Crippen molar-refractivity contribution in [2.45, 2.75) is 43.8 Å². The Hall–Kier alpha value is -2.23. The number of anilines is 1. The number of hydroxylamine groups is 1. The van der Waals surface area contributed by atoms with Crippen molar-refractivity contribution in [3.63, 3.8) is 0 Å². The summed E-state index contributed by atoms with van der Waals surface area (Å²) in [5.74, 6) is -0.775. The quantitative estimate of drug-likeness (QED) is 0.474. The van der Waals surface area contributed by atoms with Gasteiger partial charge in [0.25, 0.3) is 0 Å². The Morgan fingerprint density at radius 2 is 1.97 bits per heavy atom. The van der Waals surface area contributed by atoms with E-state index in [9.17, 15) is 18.0 Å². The van der Waals surface area contributed by atoms with Crippen molar-refractivity contribution in [1.82, 2.24) is 5.48 Å². The van der Waals surface area contributed by atoms with Crippen molar-refractivity contribution in [1.29, 1.82) is 0 Å². The highest BCUT2D eigenvalue weighted by Crippen LogP contribution is 2.47. The highest BCUT2D eigenvalue weighted by molar-refractivity contribution is 7.92. The first-order valence-corrected chi connectivity index (χ1v) is 11.9. The number of carbonyl (C=O) groups is 2. The van der Waals surface area contributed by atoms with Crippen LogP contribution in [-0.2, 0) is 24.2 Å². The zero-order valence-electron chi connectivity index (χ0n) is 16.1. The van der Waals surface area contributed by atoms with Crippen molar-refractivity contribution < 1.29 is 23.2 Å². The number of nitrogens with one attached hydrogen (secondary N) is 2. The molecule has 0 bridgehead atoms. The van der Waals surface area contributed by atoms with Gasteiger partial charge in [-0.15, -0.1) is 11.3 Å². The van der Waals surface area contributed by atoms with E-state index in [4.69, 9.17) is 5.21 Å². The summed E-state index contributed by atoms with van der Waals surface area (Å²) in [7, 11) is -3.56. The molecule has 156 valence electrons. The van der Waals surface area contributed by atoms with E-state index in [1.807, 2.05) is 24.3 Å². The van der Waals surface area contributed by atoms with E-state index >= 15 is 0 Å². The molecule has 3 rings (SSSR count). The van der Waals surface area contributed by atoms with Crippen LogP contribution >= 0.6 is 11.3 Å². The van der Waals surface area contributed by atoms with Crippen molar-refractivity contribution >= 4 is 38.7 Å². The minimum atomic E-state index is -3.56. The van der Waals surface area contributed by atoms with Crippen LogP contribution in [-0.4, -0.2) is 31.2 Å². The molecule has 1 fully saturated rings. The summed E-state index contributed by atoms with van der Waals surface area (Å²) in [5.41, 5.74) is 3.10. The molecule has 0 unspecified atom stereocenters. The Kier molecular flexibility index (Phi) is 6.40. The van der Waals surface area contributed by atoms with Gasteiger partial charge in [0.1, 0.15) is 4.75 Å². The number of amides is 2. The molecule has 0 saturated carbocycles. The molecular weight excluding hydrogens is 412 g/mol. The Labute approximate surface area is 174 Å². The SMILES string of the molecule is CCC(=O)Nc1cccc(-c2ccc([C@@]3(CC(=O)NO)CCCCS3(=O)=O)s2)c1. The zero-order chi connectivity index (χ0) is 21.1. The standard InChI is InChI=1S/C20H24N2O5S2/c1-2-18(23)21-15-7-5-6-14(12-15)16-8-9-17(28-16)20(13-19(24)22-25)10-3-4-11-29(20,26)27/h5-9,12,25H,2-4,10-11,13H2,1H3,(H,21,23)(H,22,24)/t20-/m0/s1. The first kappa shape index (κ1) is 21.5. The average molecular weight is 437 g/mol. The number of thiophene rings is 1. The number of hydrogen-bond donors (Lipinski definition) is 3. The van der Waals surface area contributed by atoms with Gasteiger partial charge in [0.2, 0.25) is 11.8 Å². The van der Waals surface area contributed by atoms with Gasteiger partial charge in [-0.3, -0.25) is 14.8 Å². The monoisotopic (exact) mass is 436 g/mol. The summed E-state index contributed by atoms with van der Waals surface area (Å²) in [6, 6.07) is 10.9. The molecule has 29 heavy (non-hydrogen) atoms. The zero-order valence-corrected chi connectivity index (χ0v) is 17.7. The first-order valence-electron chi connectivity index (χ1n) is 9.47. The van der Waals surface area contributed by atoms with Gasteiger partial charge in [0, 0.05) is 21.9 Å². The molecule has 2 aromatic rings. The summed E-state index contributed by atoms with van der Waals surface area (Å²) in [6.07, 6.45) is 1.68. The Morgan fingerprint density at radius 3 is 2.66 bits per heavy atom. The van der Waals surface area contributed by atoms with Crippen LogP contribution in [0.5, 0.6) is 0 Å². The second kappa shape index (κ2) is 8.64. The molecule has 0 radical (unpaired) electrons. The van der Waals surface area contributed by atoms with Gasteiger partial charge in [-0.2, -0.15) is 0 Å². The lowest BCUT2D eigenvalue weighted by atomic mass is 9.94. The molecule has 3 N–H and O–H groups in total. The number of sulfone groups is 1. The number of benzene rings is 1. The molecule has 1 aliphatic rings. The summed E-state index contributed by atoms with van der Waals surface area (Å²) < 4.78 is 24.7. The van der Waals surface area contributed by atoms with Crippen molar-refractivity contribution in [2.75, 3.05) is 11.1 Å². The minimum Gasteiger partial charge on any atom is -0.326 e. The van der Waals surface area contributed by atoms with Crippen molar-refractivity contribution in [3.05, 3.63) is 41.3 Å². The third-order valence-corrected chi connectivity index (χ3v) is 9.27. The average Bonchev–Trinajstić information content (AvgIpc) is 3.20. The first-order chi connectivity index (χ1) is 13.8. The Bertz CT molecular complexity index is 1020. The lowest BCUT2D eigenvalue weighted by Gasteiger charge is -2.35. The maximum atomic E-state index is 13.0. The van der Waals surface area contributed by atoms with E-state index in [0.717, 1.165) is 10.4 Å². The van der Waals surface area contributed by atoms with Crippen LogP contribution in [0.15, 0.2) is 36.4 Å². The largest absolute Gasteiger partial charge is 0.326 e. The molecule has 0 spiro atoms. The summed E-state index contributed by atoms with van der Waals surface area (Å²) >= 11 is 1.33. The van der Waals surface area contributed by atoms with E-state index in [-0.39, 0.29) is 18.1 Å². The fourth-order valence-electron chi connectivity index (χ4n) is 3.65. The van der Waals surface area contributed by atoms with Crippen LogP contribution in [0.2, 0.25) is 0 Å². The van der Waals surface area contributed by atoms with Gasteiger partial charge in [-0.05, 0) is 42.7 Å². The molecule has 9 heteroatoms. The Morgan fingerprint density at radius 1 is 1.17 bits per heavy atom. The third kappa shape index (κ3) is 4.36. The lowest BCUT2D eigenvalue weighted by molar-refractivity contribution is -0.130. The molecule has 7 nitrogen and oxygen atoms in total. The number of carbonyl (C=O) groups excluding carboxylic acids is 2. The van der Waals surface area contributed by atoms with E-state index in [1.54, 1.807) is 24.5 Å². The fraction of sp³-hybridized carbons (Fsp3) is 0.400. The van der Waals surface area contributed by atoms with E-state index in [1.165, 1.54) is 11.3 Å². The molecule has 1 atom stereocenters. The van der Waals surface area contributed by atoms with E-state index in [0.29, 0.717) is 36.2 Å². The van der Waals surface area contributed by atoms with Gasteiger partial charge in [0.15, 0.2) is 9.84 Å². The van der Waals surface area contributed by atoms with Gasteiger partial charge in [-0.25, -0.2) is 13.9 Å². The number of rotatable bonds is 6. The van der Waals surface area contributed by atoms with E-state index in [2.05, 4.69) is 5.32 Å². The van der Waals surface area contributed by atoms with Crippen LogP contribution in [0.3, 0.4) is 0 Å². The van der Waals surface area contributed by atoms with Crippen molar-refractivity contribution in [3.8, 4) is 10.4 Å². The smallest absolute Gasteiger partial charge is 0.245 e. The summed E-state index contributed by atoms with van der Waals surface area (Å²) in [5, 5.41) is 11.8. The molecule has 0 aliphatic carbocycles. The van der Waals surface area contributed by atoms with Gasteiger partial charge in [-0.1, -0.05) is 25.5 Å². The molecule has 1 aliphatic heterocycles. The summed E-state index contributed by atoms with van der Waals surface area (Å²) in [4.78, 5) is 25.0. The second-order valence-corrected chi connectivity index (χ2v) is 10.6. The third-order valence-electron chi connectivity index (χ3n) is 5.22. The second-order valence-electron chi connectivity index (χ2n) is 7.13. The predicted octanol–water partition coefficient (Wildman–Crippen LogP) is 3.45. The highest BCUT2D eigenvalue weighted by Gasteiger charge is 2.49. The lowest BCUT2D eigenvalue weighted by Crippen LogP contribution is -2.43. The minimum absolute atomic E-state index is 0.0253. The number of hydrogen-bond acceptors (Lipinski definition) is 6.